The van der Waals surface area contributed by atoms with Crippen molar-refractivity contribution in [3.63, 3.8) is 0 Å². The molecule has 1 saturated heterocycles. The fourth-order valence-corrected chi connectivity index (χ4v) is 4.85. The second kappa shape index (κ2) is 10.3. The van der Waals surface area contributed by atoms with Crippen LogP contribution in [0.5, 0.6) is 5.75 Å². The molecule has 4 aromatic rings. The van der Waals surface area contributed by atoms with E-state index in [4.69, 9.17) is 4.74 Å². The van der Waals surface area contributed by atoms with Gasteiger partial charge in [-0.15, -0.1) is 0 Å². The summed E-state index contributed by atoms with van der Waals surface area (Å²) in [6.45, 7) is 5.25. The Balaban J connectivity index is 1.29. The van der Waals surface area contributed by atoms with Crippen molar-refractivity contribution in [1.29, 1.82) is 0 Å². The highest BCUT2D eigenvalue weighted by molar-refractivity contribution is 7.09. The molecule has 0 saturated carbocycles. The minimum absolute atomic E-state index is 0.0399. The molecule has 1 aliphatic heterocycles. The number of hydrogen-bond acceptors (Lipinski definition) is 7. The zero-order chi connectivity index (χ0) is 23.3. The third-order valence-electron chi connectivity index (χ3n) is 6.01. The van der Waals surface area contributed by atoms with Gasteiger partial charge in [0.25, 0.3) is 5.56 Å². The number of nitrogens with zero attached hydrogens (tertiary/aromatic N) is 4. The van der Waals surface area contributed by atoms with Crippen molar-refractivity contribution in [2.45, 2.75) is 26.3 Å². The summed E-state index contributed by atoms with van der Waals surface area (Å²) < 4.78 is 12.0. The van der Waals surface area contributed by atoms with E-state index in [0.717, 1.165) is 53.2 Å². The quantitative estimate of drug-likeness (QED) is 0.434. The lowest BCUT2D eigenvalue weighted by Crippen LogP contribution is -2.30. The number of ether oxygens (including phenoxy) is 1. The highest BCUT2D eigenvalue weighted by Crippen LogP contribution is 2.24. The number of hydrogen-bond donors (Lipinski definition) is 1. The van der Waals surface area contributed by atoms with Crippen LogP contribution in [0.3, 0.4) is 0 Å². The second-order valence-corrected chi connectivity index (χ2v) is 9.47. The van der Waals surface area contributed by atoms with Crippen molar-refractivity contribution in [2.24, 2.45) is 5.92 Å². The Labute approximate surface area is 202 Å². The molecule has 1 fully saturated rings. The van der Waals surface area contributed by atoms with Gasteiger partial charge < -0.3 is 14.6 Å². The minimum atomic E-state index is -0.0399. The van der Waals surface area contributed by atoms with Crippen LogP contribution in [0.1, 0.15) is 24.1 Å². The lowest BCUT2D eigenvalue weighted by atomic mass is 9.99. The van der Waals surface area contributed by atoms with E-state index >= 15 is 0 Å². The molecule has 0 amide bonds. The van der Waals surface area contributed by atoms with Gasteiger partial charge in [0.2, 0.25) is 0 Å². The lowest BCUT2D eigenvalue weighted by molar-refractivity contribution is 0.214. The van der Waals surface area contributed by atoms with Crippen LogP contribution >= 0.6 is 11.5 Å². The Morgan fingerprint density at radius 1 is 1.09 bits per heavy atom. The molecule has 4 heterocycles. The van der Waals surface area contributed by atoms with Gasteiger partial charge in [-0.05, 0) is 74.1 Å². The van der Waals surface area contributed by atoms with E-state index in [1.807, 2.05) is 49.5 Å². The standard InChI is InChI=1S/C26H27N5O2S/c1-18-11-24(34-30-18)22-5-6-25(32)31(16-22)15-20-3-2-4-21(12-20)26-28-13-23(14-29-26)33-17-19-7-9-27-10-8-19/h2-6,11-14,16,19,27H,7-10,15,17H2,1H3. The summed E-state index contributed by atoms with van der Waals surface area (Å²) in [5.41, 5.74) is 3.84. The molecule has 174 valence electrons. The van der Waals surface area contributed by atoms with Crippen LogP contribution in [-0.2, 0) is 6.54 Å². The first-order valence-corrected chi connectivity index (χ1v) is 12.3. The number of rotatable bonds is 7. The smallest absolute Gasteiger partial charge is 0.250 e. The van der Waals surface area contributed by atoms with Gasteiger partial charge in [0, 0.05) is 23.4 Å². The number of aryl methyl sites for hydroxylation is 1. The van der Waals surface area contributed by atoms with Crippen molar-refractivity contribution in [3.8, 4) is 27.6 Å². The molecule has 34 heavy (non-hydrogen) atoms. The number of benzene rings is 1. The SMILES string of the molecule is Cc1cc(-c2ccc(=O)n(Cc3cccc(-c4ncc(OCC5CCNCC5)cn4)c3)c2)sn1. The van der Waals surface area contributed by atoms with E-state index in [-0.39, 0.29) is 5.56 Å². The van der Waals surface area contributed by atoms with Crippen molar-refractivity contribution < 1.29 is 4.74 Å². The minimum Gasteiger partial charge on any atom is -0.490 e. The largest absolute Gasteiger partial charge is 0.490 e. The van der Waals surface area contributed by atoms with Crippen molar-refractivity contribution in [1.82, 2.24) is 24.2 Å². The number of aromatic nitrogens is 4. The molecule has 1 aromatic carbocycles. The van der Waals surface area contributed by atoms with Crippen LogP contribution in [0.15, 0.2) is 65.8 Å². The molecule has 5 rings (SSSR count). The van der Waals surface area contributed by atoms with Gasteiger partial charge in [0.1, 0.15) is 0 Å². The zero-order valence-corrected chi connectivity index (χ0v) is 19.9. The summed E-state index contributed by atoms with van der Waals surface area (Å²) in [6.07, 6.45) is 7.65. The Bertz CT molecular complexity index is 1310. The lowest BCUT2D eigenvalue weighted by Gasteiger charge is -2.22. The third kappa shape index (κ3) is 5.40. The van der Waals surface area contributed by atoms with Crippen molar-refractivity contribution in [3.05, 3.63) is 82.7 Å². The summed E-state index contributed by atoms with van der Waals surface area (Å²) >= 11 is 1.44. The number of nitrogens with one attached hydrogen (secondary N) is 1. The van der Waals surface area contributed by atoms with Crippen LogP contribution in [0.25, 0.3) is 21.8 Å². The summed E-state index contributed by atoms with van der Waals surface area (Å²) in [7, 11) is 0. The molecule has 7 nitrogen and oxygen atoms in total. The second-order valence-electron chi connectivity index (χ2n) is 8.66. The Kier molecular flexibility index (Phi) is 6.78. The van der Waals surface area contributed by atoms with E-state index in [1.165, 1.54) is 11.5 Å². The average molecular weight is 474 g/mol. The van der Waals surface area contributed by atoms with E-state index in [1.54, 1.807) is 23.0 Å². The highest BCUT2D eigenvalue weighted by atomic mass is 32.1. The molecule has 0 spiro atoms. The van der Waals surface area contributed by atoms with Crippen LogP contribution < -0.4 is 15.6 Å². The van der Waals surface area contributed by atoms with Crippen molar-refractivity contribution in [2.75, 3.05) is 19.7 Å². The van der Waals surface area contributed by atoms with Gasteiger partial charge in [-0.25, -0.2) is 9.97 Å². The first kappa shape index (κ1) is 22.4. The van der Waals surface area contributed by atoms with E-state index in [2.05, 4.69) is 19.7 Å². The predicted molar refractivity (Wildman–Crippen MR) is 134 cm³/mol. The summed E-state index contributed by atoms with van der Waals surface area (Å²) in [5.74, 6) is 1.91. The molecular weight excluding hydrogens is 446 g/mol. The van der Waals surface area contributed by atoms with E-state index < -0.39 is 0 Å². The molecule has 0 atom stereocenters. The molecule has 3 aromatic heterocycles. The normalized spacial score (nSPS) is 14.3. The number of pyridine rings is 1. The summed E-state index contributed by atoms with van der Waals surface area (Å²) in [6, 6.07) is 13.5. The first-order valence-electron chi connectivity index (χ1n) is 11.5. The van der Waals surface area contributed by atoms with E-state index in [9.17, 15) is 4.79 Å². The molecule has 1 aliphatic rings. The van der Waals surface area contributed by atoms with Crippen LogP contribution in [-0.4, -0.2) is 38.6 Å². The van der Waals surface area contributed by atoms with Gasteiger partial charge in [-0.3, -0.25) is 4.79 Å². The molecule has 0 bridgehead atoms. The fraction of sp³-hybridized carbons (Fsp3) is 0.308. The molecule has 8 heteroatoms. The maximum absolute atomic E-state index is 12.5. The fourth-order valence-electron chi connectivity index (χ4n) is 4.11. The van der Waals surface area contributed by atoms with Gasteiger partial charge in [-0.1, -0.05) is 18.2 Å². The van der Waals surface area contributed by atoms with Gasteiger partial charge >= 0.3 is 0 Å². The maximum Gasteiger partial charge on any atom is 0.250 e. The first-order chi connectivity index (χ1) is 16.6. The maximum atomic E-state index is 12.5. The van der Waals surface area contributed by atoms with Crippen LogP contribution in [0.4, 0.5) is 0 Å². The average Bonchev–Trinajstić information content (AvgIpc) is 3.31. The summed E-state index contributed by atoms with van der Waals surface area (Å²) in [5, 5.41) is 3.37. The van der Waals surface area contributed by atoms with Crippen LogP contribution in [0, 0.1) is 12.8 Å². The molecule has 0 unspecified atom stereocenters. The third-order valence-corrected chi connectivity index (χ3v) is 6.94. The topological polar surface area (TPSA) is 81.9 Å². The summed E-state index contributed by atoms with van der Waals surface area (Å²) in [4.78, 5) is 22.6. The zero-order valence-electron chi connectivity index (χ0n) is 19.1. The predicted octanol–water partition coefficient (Wildman–Crippen LogP) is 4.16. The molecular formula is C26H27N5O2S. The monoisotopic (exact) mass is 473 g/mol. The van der Waals surface area contributed by atoms with Gasteiger partial charge in [0.05, 0.1) is 36.1 Å². The Morgan fingerprint density at radius 2 is 1.91 bits per heavy atom. The number of piperidine rings is 1. The van der Waals surface area contributed by atoms with E-state index in [0.29, 0.717) is 30.6 Å². The molecule has 1 N–H and O–H groups in total. The van der Waals surface area contributed by atoms with Crippen molar-refractivity contribution >= 4 is 11.5 Å². The van der Waals surface area contributed by atoms with Gasteiger partial charge in [0.15, 0.2) is 11.6 Å². The molecule has 0 radical (unpaired) electrons. The Hall–Kier alpha value is -3.36. The van der Waals surface area contributed by atoms with Crippen LogP contribution in [0.2, 0.25) is 0 Å². The Morgan fingerprint density at radius 3 is 2.68 bits per heavy atom. The highest BCUT2D eigenvalue weighted by Gasteiger charge is 2.14. The van der Waals surface area contributed by atoms with Gasteiger partial charge in [-0.2, -0.15) is 4.37 Å². The molecule has 0 aliphatic carbocycles.